The van der Waals surface area contributed by atoms with Crippen molar-refractivity contribution >= 4 is 20.2 Å². The molecule has 0 fully saturated rings. The molecule has 0 unspecified atom stereocenters. The molecule has 0 aliphatic rings. The van der Waals surface area contributed by atoms with Crippen molar-refractivity contribution in [2.24, 2.45) is 0 Å². The average Bonchev–Trinajstić information content (AvgIpc) is 2.15. The van der Waals surface area contributed by atoms with Crippen LogP contribution in [0, 0.1) is 0 Å². The predicted molar refractivity (Wildman–Crippen MR) is 57.7 cm³/mol. The molecule has 0 aliphatic heterocycles. The van der Waals surface area contributed by atoms with E-state index in [-0.39, 0.29) is 4.90 Å². The summed E-state index contributed by atoms with van der Waals surface area (Å²) < 4.78 is 55.8. The first kappa shape index (κ1) is 13.9. The second-order valence-electron chi connectivity index (χ2n) is 3.04. The van der Waals surface area contributed by atoms with Gasteiger partial charge in [0.2, 0.25) is 0 Å². The minimum Gasteiger partial charge on any atom is -0.507 e. The van der Waals surface area contributed by atoms with Crippen molar-refractivity contribution < 1.29 is 30.7 Å². The molecule has 0 aromatic heterocycles. The summed E-state index contributed by atoms with van der Waals surface area (Å²) in [6.07, 6.45) is 0. The highest BCUT2D eigenvalue weighted by molar-refractivity contribution is 7.91. The van der Waals surface area contributed by atoms with Gasteiger partial charge in [-0.25, -0.2) is 12.6 Å². The van der Waals surface area contributed by atoms with Gasteiger partial charge >= 0.3 is 10.4 Å². The lowest BCUT2D eigenvalue weighted by molar-refractivity contribution is 0.284. The fraction of sp³-hybridized carbons (Fsp3) is 0.250. The lowest BCUT2D eigenvalue weighted by atomic mass is 10.3. The first-order valence-corrected chi connectivity index (χ1v) is 7.37. The zero-order valence-electron chi connectivity index (χ0n) is 8.48. The third-order valence-electron chi connectivity index (χ3n) is 1.78. The van der Waals surface area contributed by atoms with Crippen LogP contribution in [0.1, 0.15) is 0 Å². The summed E-state index contributed by atoms with van der Waals surface area (Å²) in [5, 5.41) is 9.32. The maximum absolute atomic E-state index is 11.6. The van der Waals surface area contributed by atoms with Crippen molar-refractivity contribution in [1.29, 1.82) is 0 Å². The van der Waals surface area contributed by atoms with Gasteiger partial charge in [0.05, 0.1) is 12.4 Å². The van der Waals surface area contributed by atoms with Crippen molar-refractivity contribution in [3.05, 3.63) is 24.3 Å². The van der Waals surface area contributed by atoms with Crippen LogP contribution in [-0.2, 0) is 24.4 Å². The number of para-hydroxylation sites is 1. The first-order valence-electron chi connectivity index (χ1n) is 4.35. The van der Waals surface area contributed by atoms with Crippen LogP contribution < -0.4 is 0 Å². The molecule has 0 aliphatic carbocycles. The van der Waals surface area contributed by atoms with E-state index in [1.165, 1.54) is 24.3 Å². The Morgan fingerprint density at radius 2 is 1.71 bits per heavy atom. The van der Waals surface area contributed by atoms with Crippen molar-refractivity contribution in [2.45, 2.75) is 4.90 Å². The van der Waals surface area contributed by atoms with Gasteiger partial charge in [0, 0.05) is 0 Å². The summed E-state index contributed by atoms with van der Waals surface area (Å²) in [5.41, 5.74) is 0. The van der Waals surface area contributed by atoms with Gasteiger partial charge in [-0.15, -0.1) is 0 Å². The fourth-order valence-electron chi connectivity index (χ4n) is 1.08. The van der Waals surface area contributed by atoms with Crippen LogP contribution in [0.25, 0.3) is 0 Å². The second-order valence-corrected chi connectivity index (χ2v) is 6.21. The molecule has 9 heteroatoms. The van der Waals surface area contributed by atoms with Gasteiger partial charge in [0.1, 0.15) is 10.6 Å². The quantitative estimate of drug-likeness (QED) is 0.729. The summed E-state index contributed by atoms with van der Waals surface area (Å²) in [5.74, 6) is -1.11. The van der Waals surface area contributed by atoms with E-state index in [0.29, 0.717) is 0 Å². The molecular formula is C8H10O7S2. The largest absolute Gasteiger partial charge is 0.507 e. The van der Waals surface area contributed by atoms with E-state index in [1.54, 1.807) is 0 Å². The summed E-state index contributed by atoms with van der Waals surface area (Å²) in [7, 11) is -8.53. The van der Waals surface area contributed by atoms with Crippen LogP contribution in [0.4, 0.5) is 0 Å². The number of hydrogen-bond donors (Lipinski definition) is 2. The van der Waals surface area contributed by atoms with Gasteiger partial charge in [-0.05, 0) is 12.1 Å². The molecule has 0 saturated carbocycles. The molecule has 2 N–H and O–H groups in total. The molecule has 0 spiro atoms. The first-order chi connectivity index (χ1) is 7.72. The summed E-state index contributed by atoms with van der Waals surface area (Å²) >= 11 is 0. The molecule has 96 valence electrons. The van der Waals surface area contributed by atoms with Crippen molar-refractivity contribution in [1.82, 2.24) is 0 Å². The normalized spacial score (nSPS) is 12.5. The SMILES string of the molecule is O=S(=O)(O)OCCS(=O)(=O)c1ccccc1O. The maximum atomic E-state index is 11.6. The fourth-order valence-corrected chi connectivity index (χ4v) is 2.67. The Bertz CT molecular complexity index is 588. The molecule has 0 atom stereocenters. The Labute approximate surface area is 98.5 Å². The summed E-state index contributed by atoms with van der Waals surface area (Å²) in [4.78, 5) is -0.320. The molecule has 7 nitrogen and oxygen atoms in total. The molecule has 0 saturated heterocycles. The third kappa shape index (κ3) is 4.30. The number of phenolic OH excluding ortho intramolecular Hbond substituents is 1. The van der Waals surface area contributed by atoms with Gasteiger partial charge in [0.15, 0.2) is 9.84 Å². The van der Waals surface area contributed by atoms with E-state index in [4.69, 9.17) is 4.55 Å². The number of phenols is 1. The predicted octanol–water partition coefficient (Wildman–Crippen LogP) is -0.0147. The van der Waals surface area contributed by atoms with Crippen LogP contribution in [0.5, 0.6) is 5.75 Å². The Balaban J connectivity index is 2.81. The monoisotopic (exact) mass is 282 g/mol. The van der Waals surface area contributed by atoms with Crippen molar-refractivity contribution in [3.63, 3.8) is 0 Å². The molecule has 17 heavy (non-hydrogen) atoms. The van der Waals surface area contributed by atoms with Gasteiger partial charge in [-0.3, -0.25) is 4.55 Å². The number of sulfone groups is 1. The number of aromatic hydroxyl groups is 1. The van der Waals surface area contributed by atoms with Gasteiger partial charge in [0.25, 0.3) is 0 Å². The molecule has 0 radical (unpaired) electrons. The number of benzene rings is 1. The molecule has 1 rings (SSSR count). The van der Waals surface area contributed by atoms with E-state index in [9.17, 15) is 21.9 Å². The van der Waals surface area contributed by atoms with E-state index in [1.807, 2.05) is 0 Å². The van der Waals surface area contributed by atoms with Crippen LogP contribution in [0.3, 0.4) is 0 Å². The minimum atomic E-state index is -4.67. The number of rotatable bonds is 5. The molecular weight excluding hydrogens is 272 g/mol. The number of hydrogen-bond acceptors (Lipinski definition) is 6. The van der Waals surface area contributed by atoms with Crippen LogP contribution >= 0.6 is 0 Å². The summed E-state index contributed by atoms with van der Waals surface area (Å²) in [6, 6.07) is 5.23. The highest BCUT2D eigenvalue weighted by Gasteiger charge is 2.19. The molecule has 0 amide bonds. The third-order valence-corrected chi connectivity index (χ3v) is 3.97. The van der Waals surface area contributed by atoms with Crippen LogP contribution in [0.15, 0.2) is 29.2 Å². The zero-order chi connectivity index (χ0) is 13.1. The van der Waals surface area contributed by atoms with E-state index < -0.39 is 38.3 Å². The van der Waals surface area contributed by atoms with E-state index in [0.717, 1.165) is 0 Å². The Morgan fingerprint density at radius 3 is 2.24 bits per heavy atom. The average molecular weight is 282 g/mol. The van der Waals surface area contributed by atoms with Gasteiger partial charge in [-0.1, -0.05) is 12.1 Å². The van der Waals surface area contributed by atoms with E-state index >= 15 is 0 Å². The van der Waals surface area contributed by atoms with Crippen LogP contribution in [-0.4, -0.2) is 38.9 Å². The molecule has 0 bridgehead atoms. The Kier molecular flexibility index (Phi) is 4.09. The minimum absolute atomic E-state index is 0.320. The molecule has 1 aromatic carbocycles. The van der Waals surface area contributed by atoms with Gasteiger partial charge < -0.3 is 5.11 Å². The van der Waals surface area contributed by atoms with Crippen molar-refractivity contribution in [3.8, 4) is 5.75 Å². The standard InChI is InChI=1S/C8H10O7S2/c9-7-3-1-2-4-8(7)16(10,11)6-5-15-17(12,13)14/h1-4,9H,5-6H2,(H,12,13,14). The summed E-state index contributed by atoms with van der Waals surface area (Å²) in [6.45, 7) is -0.727. The lowest BCUT2D eigenvalue weighted by Gasteiger charge is -2.05. The zero-order valence-corrected chi connectivity index (χ0v) is 10.1. The highest BCUT2D eigenvalue weighted by Crippen LogP contribution is 2.22. The van der Waals surface area contributed by atoms with Gasteiger partial charge in [-0.2, -0.15) is 8.42 Å². The van der Waals surface area contributed by atoms with E-state index in [2.05, 4.69) is 4.18 Å². The lowest BCUT2D eigenvalue weighted by Crippen LogP contribution is -2.15. The smallest absolute Gasteiger partial charge is 0.397 e. The molecule has 0 heterocycles. The van der Waals surface area contributed by atoms with Crippen LogP contribution in [0.2, 0.25) is 0 Å². The Morgan fingerprint density at radius 1 is 1.12 bits per heavy atom. The second kappa shape index (κ2) is 5.00. The van der Waals surface area contributed by atoms with Crippen molar-refractivity contribution in [2.75, 3.05) is 12.4 Å². The Hall–Kier alpha value is -1.16. The maximum Gasteiger partial charge on any atom is 0.397 e. The highest BCUT2D eigenvalue weighted by atomic mass is 32.3. The topological polar surface area (TPSA) is 118 Å². The molecule has 1 aromatic rings.